The molecule has 0 N–H and O–H groups in total. The smallest absolute Gasteiger partial charge is 0.364 e. The van der Waals surface area contributed by atoms with Crippen LogP contribution in [-0.2, 0) is 18.0 Å². The Morgan fingerprint density at radius 3 is 2.47 bits per heavy atom. The van der Waals surface area contributed by atoms with E-state index in [2.05, 4.69) is 19.9 Å². The second-order valence-corrected chi connectivity index (χ2v) is 10.00. The topological polar surface area (TPSA) is 98.9 Å². The van der Waals surface area contributed by atoms with Gasteiger partial charge in [-0.1, -0.05) is 0 Å². The molecule has 0 spiro atoms. The second-order valence-electron chi connectivity index (χ2n) is 10.00. The Kier molecular flexibility index (Phi) is 6.17. The van der Waals surface area contributed by atoms with Crippen molar-refractivity contribution in [3.05, 3.63) is 69.8 Å². The van der Waals surface area contributed by atoms with Crippen LogP contribution in [0.15, 0.2) is 41.5 Å². The van der Waals surface area contributed by atoms with Crippen molar-refractivity contribution < 1.29 is 17.9 Å². The van der Waals surface area contributed by atoms with Crippen LogP contribution in [0.5, 0.6) is 0 Å². The number of rotatable bonds is 3. The van der Waals surface area contributed by atoms with Crippen LogP contribution in [0, 0.1) is 13.8 Å². The van der Waals surface area contributed by atoms with Gasteiger partial charge in [-0.3, -0.25) is 19.3 Å². The molecule has 198 valence electrons. The highest BCUT2D eigenvalue weighted by Gasteiger charge is 2.36. The number of ether oxygens (including phenoxy) is 1. The van der Waals surface area contributed by atoms with E-state index in [1.54, 1.807) is 20.2 Å². The minimum Gasteiger partial charge on any atom is -0.364 e. The van der Waals surface area contributed by atoms with E-state index >= 15 is 0 Å². The molecule has 1 aliphatic heterocycles. The average molecular weight is 526 g/mol. The molecule has 1 fully saturated rings. The predicted octanol–water partition coefficient (Wildman–Crippen LogP) is 4.17. The SMILES string of the molecule is Cc1cc([C@H]2CN(c3nc(-c4ccc(C(F)(F)F)nc4)c4nc(C)n(C)c(=O)c4n3)CC(C)(C)O2)ccn1. The summed E-state index contributed by atoms with van der Waals surface area (Å²) in [6.45, 7) is 8.27. The van der Waals surface area contributed by atoms with Crippen molar-refractivity contribution in [1.82, 2.24) is 29.5 Å². The molecule has 0 amide bonds. The van der Waals surface area contributed by atoms with Gasteiger partial charge in [0.25, 0.3) is 5.56 Å². The normalized spacial score (nSPS) is 17.7. The zero-order valence-corrected chi connectivity index (χ0v) is 21.5. The molecule has 5 rings (SSSR count). The van der Waals surface area contributed by atoms with Gasteiger partial charge in [-0.25, -0.2) is 15.0 Å². The maximum Gasteiger partial charge on any atom is 0.433 e. The van der Waals surface area contributed by atoms with Crippen LogP contribution in [-0.4, -0.2) is 48.2 Å². The van der Waals surface area contributed by atoms with E-state index in [4.69, 9.17) is 9.72 Å². The second kappa shape index (κ2) is 9.12. The lowest BCUT2D eigenvalue weighted by Crippen LogP contribution is -2.50. The molecule has 0 saturated carbocycles. The van der Waals surface area contributed by atoms with Gasteiger partial charge in [0, 0.05) is 37.2 Å². The van der Waals surface area contributed by atoms with E-state index in [9.17, 15) is 18.0 Å². The van der Waals surface area contributed by atoms with Crippen molar-refractivity contribution in [3.8, 4) is 11.3 Å². The molecule has 1 saturated heterocycles. The largest absolute Gasteiger partial charge is 0.433 e. The minimum atomic E-state index is -4.58. The number of halogens is 3. The Labute approximate surface area is 216 Å². The van der Waals surface area contributed by atoms with Crippen LogP contribution in [0.3, 0.4) is 0 Å². The standard InChI is InChI=1S/C26H26F3N7O2/c1-14-10-16(8-9-30-14)18-12-36(13-25(3,4)38-18)24-33-20(17-6-7-19(31-11-17)26(27,28)29)21-22(34-24)23(37)35(5)15(2)32-21/h6-11,18H,12-13H2,1-5H3/t18-/m1/s1. The van der Waals surface area contributed by atoms with Gasteiger partial charge in [-0.05, 0) is 57.5 Å². The molecule has 5 heterocycles. The Morgan fingerprint density at radius 1 is 1.05 bits per heavy atom. The van der Waals surface area contributed by atoms with Gasteiger partial charge in [-0.15, -0.1) is 0 Å². The summed E-state index contributed by atoms with van der Waals surface area (Å²) in [6, 6.07) is 6.01. The number of morpholine rings is 1. The molecule has 9 nitrogen and oxygen atoms in total. The third-order valence-corrected chi connectivity index (χ3v) is 6.46. The monoisotopic (exact) mass is 525 g/mol. The Balaban J connectivity index is 1.67. The fourth-order valence-corrected chi connectivity index (χ4v) is 4.56. The molecule has 4 aromatic rings. The summed E-state index contributed by atoms with van der Waals surface area (Å²) in [6.07, 6.45) is -2.09. The van der Waals surface area contributed by atoms with E-state index in [1.165, 1.54) is 10.6 Å². The molecule has 1 atom stereocenters. The van der Waals surface area contributed by atoms with E-state index < -0.39 is 17.5 Å². The first-order valence-corrected chi connectivity index (χ1v) is 12.0. The lowest BCUT2D eigenvalue weighted by atomic mass is 10.0. The van der Waals surface area contributed by atoms with Crippen molar-refractivity contribution >= 4 is 17.0 Å². The fraction of sp³-hybridized carbons (Fsp3) is 0.385. The molecule has 0 aliphatic carbocycles. The summed E-state index contributed by atoms with van der Waals surface area (Å²) in [5, 5.41) is 0. The van der Waals surface area contributed by atoms with Crippen LogP contribution < -0.4 is 10.5 Å². The van der Waals surface area contributed by atoms with Crippen molar-refractivity contribution in [1.29, 1.82) is 0 Å². The molecule has 4 aromatic heterocycles. The quantitative estimate of drug-likeness (QED) is 0.393. The highest BCUT2D eigenvalue weighted by atomic mass is 19.4. The van der Waals surface area contributed by atoms with E-state index in [-0.39, 0.29) is 34.3 Å². The number of hydrogen-bond acceptors (Lipinski definition) is 8. The first-order valence-electron chi connectivity index (χ1n) is 12.0. The zero-order valence-electron chi connectivity index (χ0n) is 21.5. The van der Waals surface area contributed by atoms with Gasteiger partial charge in [0.05, 0.1) is 12.1 Å². The van der Waals surface area contributed by atoms with Crippen molar-refractivity contribution in [3.63, 3.8) is 0 Å². The van der Waals surface area contributed by atoms with E-state index in [0.717, 1.165) is 23.5 Å². The number of alkyl halides is 3. The Hall–Kier alpha value is -3.93. The van der Waals surface area contributed by atoms with Crippen LogP contribution in [0.4, 0.5) is 19.1 Å². The molecule has 1 aliphatic rings. The van der Waals surface area contributed by atoms with Crippen LogP contribution in [0.2, 0.25) is 0 Å². The lowest BCUT2D eigenvalue weighted by molar-refractivity contribution is -0.141. The summed E-state index contributed by atoms with van der Waals surface area (Å²) in [7, 11) is 1.59. The number of aromatic nitrogens is 6. The molecular weight excluding hydrogens is 499 g/mol. The van der Waals surface area contributed by atoms with Gasteiger partial charge in [-0.2, -0.15) is 13.2 Å². The summed E-state index contributed by atoms with van der Waals surface area (Å²) < 4.78 is 47.1. The van der Waals surface area contributed by atoms with Crippen molar-refractivity contribution in [2.45, 2.75) is 45.6 Å². The molecule has 0 aromatic carbocycles. The summed E-state index contributed by atoms with van der Waals surface area (Å²) in [5.74, 6) is 0.669. The molecule has 0 radical (unpaired) electrons. The lowest BCUT2D eigenvalue weighted by Gasteiger charge is -2.43. The van der Waals surface area contributed by atoms with Gasteiger partial charge >= 0.3 is 6.18 Å². The third kappa shape index (κ3) is 4.83. The van der Waals surface area contributed by atoms with E-state index in [1.807, 2.05) is 37.8 Å². The number of nitrogens with zero attached hydrogens (tertiary/aromatic N) is 7. The van der Waals surface area contributed by atoms with Crippen molar-refractivity contribution in [2.75, 3.05) is 18.0 Å². The van der Waals surface area contributed by atoms with Gasteiger partial charge in [0.2, 0.25) is 5.95 Å². The van der Waals surface area contributed by atoms with Crippen LogP contribution >= 0.6 is 0 Å². The minimum absolute atomic E-state index is 0.0681. The summed E-state index contributed by atoms with van der Waals surface area (Å²) in [5.41, 5.74) is 0.583. The van der Waals surface area contributed by atoms with Crippen LogP contribution in [0.1, 0.15) is 42.7 Å². The molecule has 0 bridgehead atoms. The molecule has 0 unspecified atom stereocenters. The van der Waals surface area contributed by atoms with Gasteiger partial charge < -0.3 is 9.64 Å². The number of anilines is 1. The highest BCUT2D eigenvalue weighted by molar-refractivity contribution is 5.89. The average Bonchev–Trinajstić information content (AvgIpc) is 2.85. The van der Waals surface area contributed by atoms with Gasteiger partial charge in [0.1, 0.15) is 28.8 Å². The summed E-state index contributed by atoms with van der Waals surface area (Å²) >= 11 is 0. The maximum atomic E-state index is 13.2. The Bertz CT molecular complexity index is 1580. The van der Waals surface area contributed by atoms with E-state index in [0.29, 0.717) is 24.5 Å². The number of hydrogen-bond donors (Lipinski definition) is 0. The maximum absolute atomic E-state index is 13.2. The predicted molar refractivity (Wildman–Crippen MR) is 135 cm³/mol. The highest BCUT2D eigenvalue weighted by Crippen LogP contribution is 2.35. The Morgan fingerprint density at radius 2 is 1.82 bits per heavy atom. The van der Waals surface area contributed by atoms with Gasteiger partial charge in [0.15, 0.2) is 5.52 Å². The molecule has 12 heteroatoms. The third-order valence-electron chi connectivity index (χ3n) is 6.46. The first kappa shape index (κ1) is 25.7. The number of fused-ring (bicyclic) bond motifs is 1. The first-order chi connectivity index (χ1) is 17.8. The zero-order chi connectivity index (χ0) is 27.4. The molecular formula is C26H26F3N7O2. The fourth-order valence-electron chi connectivity index (χ4n) is 4.56. The number of pyridine rings is 2. The van der Waals surface area contributed by atoms with Crippen molar-refractivity contribution in [2.24, 2.45) is 7.05 Å². The number of aryl methyl sites for hydroxylation is 2. The molecule has 38 heavy (non-hydrogen) atoms. The summed E-state index contributed by atoms with van der Waals surface area (Å²) in [4.78, 5) is 36.8. The van der Waals surface area contributed by atoms with Crippen LogP contribution in [0.25, 0.3) is 22.3 Å².